The Hall–Kier alpha value is -6.74. The highest BCUT2D eigenvalue weighted by molar-refractivity contribution is 7.26. The zero-order chi connectivity index (χ0) is 35.8. The molecule has 0 aliphatic carbocycles. The second kappa shape index (κ2) is 13.7. The van der Waals surface area contributed by atoms with Crippen LogP contribution in [0.15, 0.2) is 212 Å². The van der Waals surface area contributed by atoms with Gasteiger partial charge in [0.2, 0.25) is 0 Å². The van der Waals surface area contributed by atoms with Crippen molar-refractivity contribution in [2.75, 3.05) is 4.90 Å². The second-order valence-corrected chi connectivity index (χ2v) is 14.8. The van der Waals surface area contributed by atoms with E-state index in [0.29, 0.717) is 0 Å². The van der Waals surface area contributed by atoms with Crippen molar-refractivity contribution in [3.05, 3.63) is 212 Å². The Balaban J connectivity index is 1.01. The molecule has 0 saturated heterocycles. The Labute approximate surface area is 319 Å². The van der Waals surface area contributed by atoms with Crippen LogP contribution in [0.25, 0.3) is 75.5 Å². The molecule has 0 aliphatic rings. The highest BCUT2D eigenvalue weighted by atomic mass is 32.1. The summed E-state index contributed by atoms with van der Waals surface area (Å²) in [7, 11) is 0. The molecular weight excluding hydrogens is 671 g/mol. The number of hydrogen-bond acceptors (Lipinski definition) is 2. The highest BCUT2D eigenvalue weighted by Crippen LogP contribution is 2.47. The molecule has 1 heterocycles. The third kappa shape index (κ3) is 5.84. The van der Waals surface area contributed by atoms with E-state index in [1.165, 1.54) is 81.1 Å². The lowest BCUT2D eigenvalue weighted by Crippen LogP contribution is -2.11. The third-order valence-corrected chi connectivity index (χ3v) is 11.7. The second-order valence-electron chi connectivity index (χ2n) is 13.7. The first-order valence-electron chi connectivity index (χ1n) is 18.4. The zero-order valence-corrected chi connectivity index (χ0v) is 30.4. The standard InChI is InChI=1S/C52H35NS/c1-2-13-40(14-3-1)46-18-6-8-21-49(46)53(50-22-11-20-48-47-19-7-9-23-51(47)54-52(48)50)45-32-30-38(31-33-45)37-24-26-39(27-25-37)42-16-10-17-43(34-42)44-29-28-36-12-4-5-15-41(36)35-44/h1-35H. The van der Waals surface area contributed by atoms with Crippen molar-refractivity contribution >= 4 is 59.3 Å². The van der Waals surface area contributed by atoms with E-state index in [0.717, 1.165) is 11.4 Å². The van der Waals surface area contributed by atoms with Crippen molar-refractivity contribution in [2.45, 2.75) is 0 Å². The number of para-hydroxylation sites is 1. The van der Waals surface area contributed by atoms with Crippen LogP contribution in [0.4, 0.5) is 17.1 Å². The largest absolute Gasteiger partial charge is 0.308 e. The first-order chi connectivity index (χ1) is 26.8. The molecule has 0 bridgehead atoms. The maximum atomic E-state index is 2.44. The number of fused-ring (bicyclic) bond motifs is 4. The summed E-state index contributed by atoms with van der Waals surface area (Å²) < 4.78 is 2.58. The molecule has 10 aromatic rings. The molecule has 0 spiro atoms. The van der Waals surface area contributed by atoms with Crippen molar-refractivity contribution in [1.29, 1.82) is 0 Å². The Bertz CT molecular complexity index is 2920. The van der Waals surface area contributed by atoms with E-state index >= 15 is 0 Å². The normalized spacial score (nSPS) is 11.3. The molecule has 2 heteroatoms. The van der Waals surface area contributed by atoms with Gasteiger partial charge >= 0.3 is 0 Å². The predicted octanol–water partition coefficient (Wildman–Crippen LogP) is 15.3. The van der Waals surface area contributed by atoms with E-state index in [-0.39, 0.29) is 0 Å². The van der Waals surface area contributed by atoms with Crippen LogP contribution in [0.3, 0.4) is 0 Å². The van der Waals surface area contributed by atoms with Crippen molar-refractivity contribution < 1.29 is 0 Å². The van der Waals surface area contributed by atoms with Crippen molar-refractivity contribution in [2.24, 2.45) is 0 Å². The van der Waals surface area contributed by atoms with E-state index in [2.05, 4.69) is 217 Å². The number of benzene rings is 9. The molecule has 0 atom stereocenters. The SMILES string of the molecule is c1ccc(-c2ccccc2N(c2ccc(-c3ccc(-c4cccc(-c5ccc6ccccc6c5)c4)cc3)cc2)c2cccc3c2sc2ccccc23)cc1. The lowest BCUT2D eigenvalue weighted by Gasteiger charge is -2.28. The van der Waals surface area contributed by atoms with Crippen LogP contribution in [-0.2, 0) is 0 Å². The summed E-state index contributed by atoms with van der Waals surface area (Å²) in [5.41, 5.74) is 13.1. The lowest BCUT2D eigenvalue weighted by atomic mass is 9.96. The summed E-state index contributed by atoms with van der Waals surface area (Å²) in [6, 6.07) is 77.1. The van der Waals surface area contributed by atoms with Gasteiger partial charge in [-0.2, -0.15) is 0 Å². The number of nitrogens with zero attached hydrogens (tertiary/aromatic N) is 1. The van der Waals surface area contributed by atoms with Crippen molar-refractivity contribution in [1.82, 2.24) is 0 Å². The molecule has 0 saturated carbocycles. The Morgan fingerprint density at radius 3 is 1.67 bits per heavy atom. The van der Waals surface area contributed by atoms with Gasteiger partial charge in [0.05, 0.1) is 16.1 Å². The first kappa shape index (κ1) is 32.0. The average molecular weight is 706 g/mol. The van der Waals surface area contributed by atoms with Crippen LogP contribution >= 0.6 is 11.3 Å². The average Bonchev–Trinajstić information content (AvgIpc) is 3.64. The van der Waals surface area contributed by atoms with Gasteiger partial charge in [0.15, 0.2) is 0 Å². The highest BCUT2D eigenvalue weighted by Gasteiger charge is 2.21. The third-order valence-electron chi connectivity index (χ3n) is 10.5. The Morgan fingerprint density at radius 1 is 0.315 bits per heavy atom. The quantitative estimate of drug-likeness (QED) is 0.160. The molecule has 10 rings (SSSR count). The fourth-order valence-electron chi connectivity index (χ4n) is 7.75. The summed E-state index contributed by atoms with van der Waals surface area (Å²) >= 11 is 1.87. The van der Waals surface area contributed by atoms with Gasteiger partial charge in [-0.1, -0.05) is 170 Å². The monoisotopic (exact) mass is 705 g/mol. The van der Waals surface area contributed by atoms with Crippen molar-refractivity contribution in [3.8, 4) is 44.5 Å². The van der Waals surface area contributed by atoms with Gasteiger partial charge < -0.3 is 4.90 Å². The molecule has 0 fully saturated rings. The van der Waals surface area contributed by atoms with E-state index < -0.39 is 0 Å². The number of rotatable bonds is 7. The molecule has 0 unspecified atom stereocenters. The van der Waals surface area contributed by atoms with E-state index in [1.807, 2.05) is 11.3 Å². The summed E-state index contributed by atoms with van der Waals surface area (Å²) in [5, 5.41) is 5.11. The van der Waals surface area contributed by atoms with Crippen LogP contribution in [-0.4, -0.2) is 0 Å². The van der Waals surface area contributed by atoms with Gasteiger partial charge in [0.1, 0.15) is 0 Å². The molecule has 0 aliphatic heterocycles. The minimum absolute atomic E-state index is 1.12. The number of hydrogen-bond donors (Lipinski definition) is 0. The van der Waals surface area contributed by atoms with Crippen LogP contribution in [0.5, 0.6) is 0 Å². The summed E-state index contributed by atoms with van der Waals surface area (Å²) in [6.45, 7) is 0. The summed E-state index contributed by atoms with van der Waals surface area (Å²) in [4.78, 5) is 2.44. The minimum Gasteiger partial charge on any atom is -0.308 e. The fraction of sp³-hybridized carbons (Fsp3) is 0. The van der Waals surface area contributed by atoms with E-state index in [1.54, 1.807) is 0 Å². The number of thiophene rings is 1. The maximum Gasteiger partial charge on any atom is 0.0640 e. The van der Waals surface area contributed by atoms with Crippen LogP contribution in [0.2, 0.25) is 0 Å². The van der Waals surface area contributed by atoms with Gasteiger partial charge in [-0.3, -0.25) is 0 Å². The van der Waals surface area contributed by atoms with Crippen LogP contribution < -0.4 is 4.90 Å². The minimum atomic E-state index is 1.12. The Kier molecular flexibility index (Phi) is 8.09. The van der Waals surface area contributed by atoms with E-state index in [9.17, 15) is 0 Å². The molecule has 1 aromatic heterocycles. The summed E-state index contributed by atoms with van der Waals surface area (Å²) in [6.07, 6.45) is 0. The van der Waals surface area contributed by atoms with Crippen LogP contribution in [0, 0.1) is 0 Å². The Morgan fingerprint density at radius 2 is 0.852 bits per heavy atom. The molecule has 9 aromatic carbocycles. The zero-order valence-electron chi connectivity index (χ0n) is 29.6. The van der Waals surface area contributed by atoms with Crippen LogP contribution in [0.1, 0.15) is 0 Å². The summed E-state index contributed by atoms with van der Waals surface area (Å²) in [5.74, 6) is 0. The molecule has 54 heavy (non-hydrogen) atoms. The maximum absolute atomic E-state index is 2.44. The van der Waals surface area contributed by atoms with Gasteiger partial charge in [0.25, 0.3) is 0 Å². The van der Waals surface area contributed by atoms with Gasteiger partial charge in [-0.15, -0.1) is 11.3 Å². The molecular formula is C52H35NS. The topological polar surface area (TPSA) is 3.24 Å². The molecule has 1 nitrogen and oxygen atoms in total. The predicted molar refractivity (Wildman–Crippen MR) is 233 cm³/mol. The fourth-order valence-corrected chi connectivity index (χ4v) is 8.96. The van der Waals surface area contributed by atoms with Gasteiger partial charge in [-0.05, 0) is 92.2 Å². The molecule has 0 radical (unpaired) electrons. The smallest absolute Gasteiger partial charge is 0.0640 e. The van der Waals surface area contributed by atoms with Gasteiger partial charge in [0, 0.05) is 26.7 Å². The van der Waals surface area contributed by atoms with E-state index in [4.69, 9.17) is 0 Å². The molecule has 0 N–H and O–H groups in total. The van der Waals surface area contributed by atoms with Gasteiger partial charge in [-0.25, -0.2) is 0 Å². The first-order valence-corrected chi connectivity index (χ1v) is 19.2. The molecule has 0 amide bonds. The lowest BCUT2D eigenvalue weighted by molar-refractivity contribution is 1.30. The molecule has 254 valence electrons. The number of anilines is 3. The van der Waals surface area contributed by atoms with Crippen molar-refractivity contribution in [3.63, 3.8) is 0 Å².